The first-order valence-electron chi connectivity index (χ1n) is 10.8. The number of benzene rings is 2. The molecule has 3 heterocycles. The van der Waals surface area contributed by atoms with E-state index in [9.17, 15) is 14.7 Å². The molecule has 6 heteroatoms. The van der Waals surface area contributed by atoms with Gasteiger partial charge in [0.05, 0.1) is 24.2 Å². The van der Waals surface area contributed by atoms with Crippen LogP contribution in [0.25, 0.3) is 0 Å². The molecule has 4 atom stereocenters. The van der Waals surface area contributed by atoms with E-state index in [2.05, 4.69) is 53.4 Å². The molecule has 0 saturated carbocycles. The maximum atomic E-state index is 13.3. The Morgan fingerprint density at radius 2 is 1.32 bits per heavy atom. The van der Waals surface area contributed by atoms with Crippen LogP contribution in [-0.2, 0) is 14.3 Å². The highest BCUT2D eigenvalue weighted by Crippen LogP contribution is 2.40. The molecular weight excluding hydrogens is 392 g/mol. The van der Waals surface area contributed by atoms with Gasteiger partial charge in [-0.05, 0) is 11.1 Å². The van der Waals surface area contributed by atoms with Crippen LogP contribution in [0.4, 0.5) is 0 Å². The Morgan fingerprint density at radius 1 is 0.806 bits per heavy atom. The predicted molar refractivity (Wildman–Crippen MR) is 115 cm³/mol. The van der Waals surface area contributed by atoms with Crippen molar-refractivity contribution in [2.75, 3.05) is 26.2 Å². The number of carboxylic acids is 1. The molecule has 0 aromatic heterocycles. The molecule has 0 spiro atoms. The van der Waals surface area contributed by atoms with Gasteiger partial charge in [0.2, 0.25) is 5.91 Å². The minimum Gasteiger partial charge on any atom is -0.481 e. The average Bonchev–Trinajstić information content (AvgIpc) is 3.43. The van der Waals surface area contributed by atoms with Gasteiger partial charge in [0.15, 0.2) is 0 Å². The van der Waals surface area contributed by atoms with E-state index < -0.39 is 30.0 Å². The normalized spacial score (nSPS) is 27.7. The summed E-state index contributed by atoms with van der Waals surface area (Å²) in [4.78, 5) is 29.2. The maximum absolute atomic E-state index is 13.3. The Bertz CT molecular complexity index is 930. The summed E-state index contributed by atoms with van der Waals surface area (Å²) in [5.41, 5.74) is 2.46. The molecule has 6 nitrogen and oxygen atoms in total. The number of fused-ring (bicyclic) bond motifs is 2. The van der Waals surface area contributed by atoms with Crippen molar-refractivity contribution < 1.29 is 19.4 Å². The Hall–Kier alpha value is -2.96. The number of carboxylic acid groups (broad SMARTS) is 1. The second-order valence-corrected chi connectivity index (χ2v) is 8.43. The van der Waals surface area contributed by atoms with Gasteiger partial charge in [-0.25, -0.2) is 0 Å². The molecule has 1 amide bonds. The van der Waals surface area contributed by atoms with Gasteiger partial charge in [-0.3, -0.25) is 14.5 Å². The van der Waals surface area contributed by atoms with E-state index in [1.165, 1.54) is 11.1 Å². The first-order chi connectivity index (χ1) is 15.1. The molecule has 2 bridgehead atoms. The molecule has 0 radical (unpaired) electrons. The predicted octanol–water partition coefficient (Wildman–Crippen LogP) is 2.57. The Kier molecular flexibility index (Phi) is 5.34. The van der Waals surface area contributed by atoms with Crippen molar-refractivity contribution >= 4 is 11.9 Å². The average molecular weight is 418 g/mol. The number of carbonyl (C=O) groups is 2. The van der Waals surface area contributed by atoms with Gasteiger partial charge in [-0.15, -0.1) is 0 Å². The monoisotopic (exact) mass is 418 g/mol. The van der Waals surface area contributed by atoms with Gasteiger partial charge in [0, 0.05) is 26.2 Å². The van der Waals surface area contributed by atoms with Crippen LogP contribution >= 0.6 is 0 Å². The fourth-order valence-electron chi connectivity index (χ4n) is 5.19. The molecule has 2 aromatic carbocycles. The lowest BCUT2D eigenvalue weighted by Gasteiger charge is -2.41. The fraction of sp³-hybridized carbons (Fsp3) is 0.360. The molecule has 2 saturated heterocycles. The van der Waals surface area contributed by atoms with Crippen LogP contribution < -0.4 is 0 Å². The number of carbonyl (C=O) groups excluding carboxylic acids is 1. The summed E-state index contributed by atoms with van der Waals surface area (Å²) in [5, 5.41) is 9.63. The quantitative estimate of drug-likeness (QED) is 0.756. The van der Waals surface area contributed by atoms with Crippen LogP contribution in [0.3, 0.4) is 0 Å². The molecule has 1 N–H and O–H groups in total. The third kappa shape index (κ3) is 3.66. The van der Waals surface area contributed by atoms with Crippen LogP contribution in [0.2, 0.25) is 0 Å². The number of hydrogen-bond acceptors (Lipinski definition) is 4. The molecule has 5 rings (SSSR count). The summed E-state index contributed by atoms with van der Waals surface area (Å²) in [5.74, 6) is -2.47. The van der Waals surface area contributed by atoms with E-state index in [1.54, 1.807) is 6.08 Å². The minimum atomic E-state index is -0.956. The number of nitrogens with zero attached hydrogens (tertiary/aromatic N) is 2. The molecule has 2 fully saturated rings. The largest absolute Gasteiger partial charge is 0.481 e. The molecule has 3 aliphatic heterocycles. The number of piperazine rings is 1. The minimum absolute atomic E-state index is 0.0973. The maximum Gasteiger partial charge on any atom is 0.310 e. The summed E-state index contributed by atoms with van der Waals surface area (Å²) in [7, 11) is 0. The first kappa shape index (κ1) is 20.0. The number of hydrogen-bond donors (Lipinski definition) is 1. The van der Waals surface area contributed by atoms with E-state index in [1.807, 2.05) is 23.1 Å². The van der Waals surface area contributed by atoms with Gasteiger partial charge in [-0.1, -0.05) is 72.8 Å². The van der Waals surface area contributed by atoms with Crippen molar-refractivity contribution in [2.45, 2.75) is 18.2 Å². The van der Waals surface area contributed by atoms with E-state index in [-0.39, 0.29) is 11.9 Å². The van der Waals surface area contributed by atoms with Crippen molar-refractivity contribution in [3.05, 3.63) is 83.9 Å². The van der Waals surface area contributed by atoms with Crippen molar-refractivity contribution in [3.63, 3.8) is 0 Å². The van der Waals surface area contributed by atoms with Crippen molar-refractivity contribution in [3.8, 4) is 0 Å². The second kappa shape index (κ2) is 8.29. The summed E-state index contributed by atoms with van der Waals surface area (Å²) < 4.78 is 5.70. The van der Waals surface area contributed by atoms with E-state index in [0.717, 1.165) is 13.1 Å². The highest BCUT2D eigenvalue weighted by atomic mass is 16.5. The van der Waals surface area contributed by atoms with E-state index in [4.69, 9.17) is 4.74 Å². The highest BCUT2D eigenvalue weighted by molar-refractivity contribution is 5.87. The zero-order chi connectivity index (χ0) is 21.4. The summed E-state index contributed by atoms with van der Waals surface area (Å²) in [6.07, 6.45) is 2.70. The van der Waals surface area contributed by atoms with Crippen LogP contribution in [-0.4, -0.2) is 65.2 Å². The number of amides is 1. The van der Waals surface area contributed by atoms with Gasteiger partial charge < -0.3 is 14.7 Å². The molecule has 3 aliphatic rings. The second-order valence-electron chi connectivity index (χ2n) is 8.43. The number of aliphatic carboxylic acids is 1. The molecule has 0 aliphatic carbocycles. The van der Waals surface area contributed by atoms with Crippen LogP contribution in [0.5, 0.6) is 0 Å². The van der Waals surface area contributed by atoms with Gasteiger partial charge in [0.1, 0.15) is 5.92 Å². The molecule has 160 valence electrons. The standard InChI is InChI=1S/C25H26N2O4/c28-24(21-19-11-12-20(31-19)22(21)25(29)30)27-15-13-26(14-16-27)23(17-7-3-1-4-8-17)18-9-5-2-6-10-18/h1-12,19-23H,13-16H2,(H,29,30)/t19-,20-,21+,22-/m0/s1. The molecule has 0 unspecified atom stereocenters. The van der Waals surface area contributed by atoms with Crippen molar-refractivity contribution in [2.24, 2.45) is 11.8 Å². The van der Waals surface area contributed by atoms with E-state index >= 15 is 0 Å². The van der Waals surface area contributed by atoms with Gasteiger partial charge in [0.25, 0.3) is 0 Å². The van der Waals surface area contributed by atoms with Crippen LogP contribution in [0.1, 0.15) is 17.2 Å². The summed E-state index contributed by atoms with van der Waals surface area (Å²) >= 11 is 0. The third-order valence-electron chi connectivity index (χ3n) is 6.69. The van der Waals surface area contributed by atoms with Crippen molar-refractivity contribution in [1.29, 1.82) is 0 Å². The number of ether oxygens (including phenoxy) is 1. The van der Waals surface area contributed by atoms with Crippen LogP contribution in [0.15, 0.2) is 72.8 Å². The van der Waals surface area contributed by atoms with Crippen molar-refractivity contribution in [1.82, 2.24) is 9.80 Å². The highest BCUT2D eigenvalue weighted by Gasteiger charge is 2.54. The Labute approximate surface area is 181 Å². The zero-order valence-corrected chi connectivity index (χ0v) is 17.2. The summed E-state index contributed by atoms with van der Waals surface area (Å²) in [6.45, 7) is 2.63. The third-order valence-corrected chi connectivity index (χ3v) is 6.69. The Balaban J connectivity index is 1.32. The fourth-order valence-corrected chi connectivity index (χ4v) is 5.19. The molecule has 2 aromatic rings. The van der Waals surface area contributed by atoms with Gasteiger partial charge in [-0.2, -0.15) is 0 Å². The topological polar surface area (TPSA) is 70.1 Å². The first-order valence-corrected chi connectivity index (χ1v) is 10.8. The van der Waals surface area contributed by atoms with Gasteiger partial charge >= 0.3 is 5.97 Å². The molecule has 31 heavy (non-hydrogen) atoms. The Morgan fingerprint density at radius 3 is 1.84 bits per heavy atom. The lowest BCUT2D eigenvalue weighted by Crippen LogP contribution is -2.53. The SMILES string of the molecule is O=C(O)[C@@H]1[C@H](C(=O)N2CCN(C(c3ccccc3)c3ccccc3)CC2)[C@@H]2C=C[C@@H]1O2. The summed E-state index contributed by atoms with van der Waals surface area (Å²) in [6, 6.07) is 21.0. The lowest BCUT2D eigenvalue weighted by atomic mass is 9.82. The van der Waals surface area contributed by atoms with Crippen LogP contribution in [0, 0.1) is 11.8 Å². The zero-order valence-electron chi connectivity index (χ0n) is 17.2. The smallest absolute Gasteiger partial charge is 0.310 e. The lowest BCUT2D eigenvalue weighted by molar-refractivity contribution is -0.150. The number of rotatable bonds is 5. The molecular formula is C25H26N2O4. The van der Waals surface area contributed by atoms with E-state index in [0.29, 0.717) is 13.1 Å².